The molecule has 6 heteroatoms. The van der Waals surface area contributed by atoms with E-state index in [4.69, 9.17) is 9.47 Å². The Labute approximate surface area is 187 Å². The zero-order chi connectivity index (χ0) is 21.6. The van der Waals surface area contributed by atoms with Crippen LogP contribution in [-0.4, -0.2) is 49.0 Å². The van der Waals surface area contributed by atoms with Gasteiger partial charge in [-0.25, -0.2) is 0 Å². The zero-order valence-electron chi connectivity index (χ0n) is 18.0. The zero-order valence-corrected chi connectivity index (χ0v) is 18.9. The Morgan fingerprint density at radius 1 is 0.968 bits per heavy atom. The van der Waals surface area contributed by atoms with Gasteiger partial charge in [0.05, 0.1) is 12.0 Å². The molecular weight excluding hydrogens is 408 g/mol. The second-order valence-electron chi connectivity index (χ2n) is 7.84. The van der Waals surface area contributed by atoms with Crippen molar-refractivity contribution in [2.24, 2.45) is 0 Å². The fourth-order valence-corrected chi connectivity index (χ4v) is 4.50. The Kier molecular flexibility index (Phi) is 6.89. The Morgan fingerprint density at radius 2 is 1.71 bits per heavy atom. The average Bonchev–Trinajstić information content (AvgIpc) is 3.28. The van der Waals surface area contributed by atoms with E-state index in [2.05, 4.69) is 36.1 Å². The molecule has 1 aliphatic heterocycles. The summed E-state index contributed by atoms with van der Waals surface area (Å²) in [4.78, 5) is 18.1. The van der Waals surface area contributed by atoms with Crippen LogP contribution < -0.4 is 9.47 Å². The van der Waals surface area contributed by atoms with Gasteiger partial charge in [0.2, 0.25) is 0 Å². The lowest BCUT2D eigenvalue weighted by Gasteiger charge is -2.34. The number of thiophene rings is 1. The number of methoxy groups -OCH3 is 1. The first-order valence-corrected chi connectivity index (χ1v) is 11.4. The van der Waals surface area contributed by atoms with Gasteiger partial charge in [-0.3, -0.25) is 9.69 Å². The summed E-state index contributed by atoms with van der Waals surface area (Å²) in [6.45, 7) is 6.80. The summed E-state index contributed by atoms with van der Waals surface area (Å²) in [6.07, 6.45) is 0. The molecule has 1 aliphatic rings. The summed E-state index contributed by atoms with van der Waals surface area (Å²) < 4.78 is 11.1. The molecular formula is C25H28N2O3S. The van der Waals surface area contributed by atoms with Crippen LogP contribution in [0.1, 0.15) is 26.4 Å². The van der Waals surface area contributed by atoms with Crippen LogP contribution in [0.3, 0.4) is 0 Å². The quantitative estimate of drug-likeness (QED) is 0.543. The molecule has 0 atom stereocenters. The highest BCUT2D eigenvalue weighted by molar-refractivity contribution is 7.12. The maximum Gasteiger partial charge on any atom is 0.264 e. The molecule has 1 amide bonds. The molecule has 1 aromatic heterocycles. The van der Waals surface area contributed by atoms with Gasteiger partial charge in [0.15, 0.2) is 0 Å². The minimum atomic E-state index is 0.118. The predicted octanol–water partition coefficient (Wildman–Crippen LogP) is 4.60. The van der Waals surface area contributed by atoms with Gasteiger partial charge in [0.1, 0.15) is 18.1 Å². The Morgan fingerprint density at radius 3 is 2.45 bits per heavy atom. The highest BCUT2D eigenvalue weighted by Gasteiger charge is 2.23. The first kappa shape index (κ1) is 21.4. The number of hydrogen-bond donors (Lipinski definition) is 0. The van der Waals surface area contributed by atoms with Crippen LogP contribution in [0, 0.1) is 6.92 Å². The van der Waals surface area contributed by atoms with E-state index in [0.717, 1.165) is 54.7 Å². The van der Waals surface area contributed by atoms with Crippen LogP contribution >= 0.6 is 11.3 Å². The molecule has 5 nitrogen and oxygen atoms in total. The van der Waals surface area contributed by atoms with Gasteiger partial charge < -0.3 is 14.4 Å². The van der Waals surface area contributed by atoms with Gasteiger partial charge in [0, 0.05) is 44.4 Å². The van der Waals surface area contributed by atoms with Crippen molar-refractivity contribution in [1.82, 2.24) is 9.80 Å². The maximum absolute atomic E-state index is 12.9. The molecule has 1 fully saturated rings. The molecule has 0 bridgehead atoms. The minimum Gasteiger partial charge on any atom is -0.497 e. The van der Waals surface area contributed by atoms with E-state index >= 15 is 0 Å². The largest absolute Gasteiger partial charge is 0.497 e. The van der Waals surface area contributed by atoms with Crippen LogP contribution in [0.2, 0.25) is 0 Å². The van der Waals surface area contributed by atoms with E-state index in [9.17, 15) is 4.79 Å². The number of hydrogen-bond acceptors (Lipinski definition) is 5. The first-order valence-electron chi connectivity index (χ1n) is 10.5. The molecule has 4 rings (SSSR count). The van der Waals surface area contributed by atoms with Gasteiger partial charge in [0.25, 0.3) is 5.91 Å². The molecule has 2 aromatic carbocycles. The van der Waals surface area contributed by atoms with Crippen molar-refractivity contribution in [3.63, 3.8) is 0 Å². The van der Waals surface area contributed by atoms with E-state index < -0.39 is 0 Å². The summed E-state index contributed by atoms with van der Waals surface area (Å²) >= 11 is 1.49. The lowest BCUT2D eigenvalue weighted by molar-refractivity contribution is 0.0633. The Balaban J connectivity index is 1.27. The van der Waals surface area contributed by atoms with Gasteiger partial charge >= 0.3 is 0 Å². The van der Waals surface area contributed by atoms with Gasteiger partial charge in [-0.05, 0) is 36.1 Å². The summed E-state index contributed by atoms with van der Waals surface area (Å²) in [7, 11) is 1.64. The number of carbonyl (C=O) groups excluding carboxylic acids is 1. The van der Waals surface area contributed by atoms with Crippen LogP contribution in [0.15, 0.2) is 60.0 Å². The second-order valence-corrected chi connectivity index (χ2v) is 8.75. The molecule has 3 aromatic rings. The number of benzene rings is 2. The van der Waals surface area contributed by atoms with E-state index in [1.54, 1.807) is 7.11 Å². The number of amides is 1. The summed E-state index contributed by atoms with van der Waals surface area (Å²) in [5.41, 5.74) is 3.61. The van der Waals surface area contributed by atoms with Crippen molar-refractivity contribution in [3.05, 3.63) is 81.5 Å². The van der Waals surface area contributed by atoms with E-state index in [1.165, 1.54) is 22.5 Å². The molecule has 0 unspecified atom stereocenters. The third-order valence-corrected chi connectivity index (χ3v) is 6.46. The standard InChI is InChI=1S/C25H28N2O3S/c1-19-6-8-20(9-7-19)16-26-10-12-27(13-11-26)25(28)24-14-21(18-31-24)17-30-23-5-3-4-22(15-23)29-2/h3-9,14-15,18H,10-13,16-17H2,1-2H3. The van der Waals surface area contributed by atoms with Crippen LogP contribution in [0.25, 0.3) is 0 Å². The molecule has 0 N–H and O–H groups in total. The second kappa shape index (κ2) is 9.98. The van der Waals surface area contributed by atoms with Crippen LogP contribution in [-0.2, 0) is 13.2 Å². The van der Waals surface area contributed by atoms with Gasteiger partial charge in [-0.2, -0.15) is 0 Å². The molecule has 0 spiro atoms. The first-order chi connectivity index (χ1) is 15.1. The van der Waals surface area contributed by atoms with Crippen molar-refractivity contribution in [2.75, 3.05) is 33.3 Å². The minimum absolute atomic E-state index is 0.118. The van der Waals surface area contributed by atoms with Crippen molar-refractivity contribution in [1.29, 1.82) is 0 Å². The number of aryl methyl sites for hydroxylation is 1. The van der Waals surface area contributed by atoms with Gasteiger partial charge in [-0.1, -0.05) is 35.9 Å². The number of piperazine rings is 1. The topological polar surface area (TPSA) is 42.0 Å². The van der Waals surface area contributed by atoms with Crippen LogP contribution in [0.4, 0.5) is 0 Å². The SMILES string of the molecule is COc1cccc(OCc2csc(C(=O)N3CCN(Cc4ccc(C)cc4)CC3)c2)c1. The maximum atomic E-state index is 12.9. The highest BCUT2D eigenvalue weighted by Crippen LogP contribution is 2.23. The third-order valence-electron chi connectivity index (χ3n) is 5.50. The Hall–Kier alpha value is -2.83. The fourth-order valence-electron chi connectivity index (χ4n) is 3.64. The smallest absolute Gasteiger partial charge is 0.264 e. The molecule has 0 aliphatic carbocycles. The summed E-state index contributed by atoms with van der Waals surface area (Å²) in [5.74, 6) is 1.64. The molecule has 1 saturated heterocycles. The fraction of sp³-hybridized carbons (Fsp3) is 0.320. The lowest BCUT2D eigenvalue weighted by Crippen LogP contribution is -2.48. The van der Waals surface area contributed by atoms with E-state index in [-0.39, 0.29) is 5.91 Å². The molecule has 31 heavy (non-hydrogen) atoms. The van der Waals surface area contributed by atoms with Crippen molar-refractivity contribution >= 4 is 17.2 Å². The number of ether oxygens (including phenoxy) is 2. The van der Waals surface area contributed by atoms with Crippen molar-refractivity contribution in [3.8, 4) is 11.5 Å². The van der Waals surface area contributed by atoms with E-state index in [0.29, 0.717) is 6.61 Å². The van der Waals surface area contributed by atoms with Gasteiger partial charge in [-0.15, -0.1) is 11.3 Å². The third kappa shape index (κ3) is 5.66. The van der Waals surface area contributed by atoms with Crippen LogP contribution in [0.5, 0.6) is 11.5 Å². The molecule has 0 saturated carbocycles. The molecule has 2 heterocycles. The summed E-state index contributed by atoms with van der Waals surface area (Å²) in [6, 6.07) is 18.2. The Bertz CT molecular complexity index is 1010. The number of rotatable bonds is 7. The van der Waals surface area contributed by atoms with E-state index in [1.807, 2.05) is 40.6 Å². The van der Waals surface area contributed by atoms with Crippen molar-refractivity contribution < 1.29 is 14.3 Å². The number of nitrogens with zero attached hydrogens (tertiary/aromatic N) is 2. The lowest BCUT2D eigenvalue weighted by atomic mass is 10.1. The summed E-state index contributed by atoms with van der Waals surface area (Å²) in [5, 5.41) is 2.00. The van der Waals surface area contributed by atoms with Crippen molar-refractivity contribution in [2.45, 2.75) is 20.1 Å². The normalized spacial score (nSPS) is 14.5. The highest BCUT2D eigenvalue weighted by atomic mass is 32.1. The number of carbonyl (C=O) groups is 1. The monoisotopic (exact) mass is 436 g/mol. The molecule has 0 radical (unpaired) electrons. The predicted molar refractivity (Wildman–Crippen MR) is 124 cm³/mol. The average molecular weight is 437 g/mol. The molecule has 162 valence electrons.